The summed E-state index contributed by atoms with van der Waals surface area (Å²) in [6.07, 6.45) is 3.75. The first-order valence-electron chi connectivity index (χ1n) is 6.70. The summed E-state index contributed by atoms with van der Waals surface area (Å²) in [6.45, 7) is 0.569. The number of hydrogen-bond donors (Lipinski definition) is 0. The van der Waals surface area contributed by atoms with Gasteiger partial charge in [0.1, 0.15) is 0 Å². The van der Waals surface area contributed by atoms with Crippen molar-refractivity contribution in [1.29, 1.82) is 0 Å². The summed E-state index contributed by atoms with van der Waals surface area (Å²) in [5, 5.41) is 0. The zero-order valence-electron chi connectivity index (χ0n) is 10.7. The van der Waals surface area contributed by atoms with E-state index in [1.807, 2.05) is 18.2 Å². The van der Waals surface area contributed by atoms with Crippen LogP contribution in [0, 0.1) is 5.92 Å². The van der Waals surface area contributed by atoms with Crippen LogP contribution in [0.15, 0.2) is 30.3 Å². The first-order chi connectivity index (χ1) is 8.75. The Bertz CT molecular complexity index is 431. The molecular formula is C15H19NO2. The van der Waals surface area contributed by atoms with Crippen LogP contribution in [0.2, 0.25) is 0 Å². The third-order valence-corrected chi connectivity index (χ3v) is 4.45. The molecule has 2 bridgehead atoms. The third kappa shape index (κ3) is 2.03. The van der Waals surface area contributed by atoms with Crippen LogP contribution in [-0.2, 0) is 4.74 Å². The molecule has 0 aliphatic carbocycles. The zero-order chi connectivity index (χ0) is 12.5. The maximum Gasteiger partial charge on any atom is 0.338 e. The fraction of sp³-hybridized carbons (Fsp3) is 0.533. The summed E-state index contributed by atoms with van der Waals surface area (Å²) < 4.78 is 5.45. The predicted octanol–water partition coefficient (Wildman–Crippen LogP) is 2.33. The fourth-order valence-corrected chi connectivity index (χ4v) is 3.42. The molecule has 2 aliphatic heterocycles. The first kappa shape index (κ1) is 11.7. The molecule has 0 radical (unpaired) electrons. The molecule has 0 spiro atoms. The maximum atomic E-state index is 11.9. The van der Waals surface area contributed by atoms with E-state index in [-0.39, 0.29) is 5.97 Å². The van der Waals surface area contributed by atoms with Crippen LogP contribution >= 0.6 is 0 Å². The highest BCUT2D eigenvalue weighted by atomic mass is 16.5. The number of carbonyl (C=O) groups is 1. The Balaban J connectivity index is 1.55. The van der Waals surface area contributed by atoms with Gasteiger partial charge in [-0.1, -0.05) is 18.2 Å². The summed E-state index contributed by atoms with van der Waals surface area (Å²) in [5.74, 6) is 0.336. The summed E-state index contributed by atoms with van der Waals surface area (Å²) >= 11 is 0. The van der Waals surface area contributed by atoms with Crippen molar-refractivity contribution >= 4 is 5.97 Å². The second-order valence-electron chi connectivity index (χ2n) is 5.42. The molecule has 2 aliphatic rings. The molecule has 2 fully saturated rings. The van der Waals surface area contributed by atoms with Crippen molar-refractivity contribution in [1.82, 2.24) is 4.90 Å². The quantitative estimate of drug-likeness (QED) is 0.765. The number of ether oxygens (including phenoxy) is 1. The summed E-state index contributed by atoms with van der Waals surface area (Å²) in [5.41, 5.74) is 0.647. The van der Waals surface area contributed by atoms with Gasteiger partial charge in [0.2, 0.25) is 0 Å². The molecule has 1 aromatic rings. The summed E-state index contributed by atoms with van der Waals surface area (Å²) in [4.78, 5) is 14.3. The lowest BCUT2D eigenvalue weighted by atomic mass is 9.90. The fourth-order valence-electron chi connectivity index (χ4n) is 3.42. The Kier molecular flexibility index (Phi) is 3.08. The van der Waals surface area contributed by atoms with Crippen molar-refractivity contribution in [2.24, 2.45) is 5.92 Å². The van der Waals surface area contributed by atoms with Crippen molar-refractivity contribution < 1.29 is 9.53 Å². The van der Waals surface area contributed by atoms with Crippen molar-refractivity contribution in [3.8, 4) is 0 Å². The second-order valence-corrected chi connectivity index (χ2v) is 5.42. The van der Waals surface area contributed by atoms with Gasteiger partial charge in [-0.25, -0.2) is 4.79 Å². The van der Waals surface area contributed by atoms with Crippen molar-refractivity contribution in [3.05, 3.63) is 35.9 Å². The zero-order valence-corrected chi connectivity index (χ0v) is 10.7. The molecule has 3 atom stereocenters. The van der Waals surface area contributed by atoms with Crippen LogP contribution in [0.3, 0.4) is 0 Å². The summed E-state index contributed by atoms with van der Waals surface area (Å²) in [6, 6.07) is 10.6. The van der Waals surface area contributed by atoms with E-state index in [1.54, 1.807) is 12.1 Å². The number of nitrogens with zero attached hydrogens (tertiary/aromatic N) is 1. The lowest BCUT2D eigenvalue weighted by Gasteiger charge is -2.21. The summed E-state index contributed by atoms with van der Waals surface area (Å²) in [7, 11) is 2.20. The Hall–Kier alpha value is -1.35. The van der Waals surface area contributed by atoms with Crippen LogP contribution in [0.4, 0.5) is 0 Å². The van der Waals surface area contributed by atoms with Gasteiger partial charge < -0.3 is 9.64 Å². The molecule has 3 nitrogen and oxygen atoms in total. The minimum absolute atomic E-state index is 0.193. The average Bonchev–Trinajstić information content (AvgIpc) is 2.92. The van der Waals surface area contributed by atoms with E-state index in [9.17, 15) is 4.79 Å². The molecule has 0 saturated carbocycles. The minimum atomic E-state index is -0.193. The van der Waals surface area contributed by atoms with Crippen LogP contribution in [0.25, 0.3) is 0 Å². The van der Waals surface area contributed by atoms with Gasteiger partial charge >= 0.3 is 5.97 Å². The van der Waals surface area contributed by atoms with Gasteiger partial charge in [-0.2, -0.15) is 0 Å². The van der Waals surface area contributed by atoms with Gasteiger partial charge in [-0.3, -0.25) is 0 Å². The predicted molar refractivity (Wildman–Crippen MR) is 69.4 cm³/mol. The van der Waals surface area contributed by atoms with E-state index in [1.165, 1.54) is 19.3 Å². The SMILES string of the molecule is CN1[C@H]2CC[C@@H]1[C@@H](COC(=O)c1ccccc1)C2. The van der Waals surface area contributed by atoms with Crippen molar-refractivity contribution in [2.45, 2.75) is 31.3 Å². The van der Waals surface area contributed by atoms with Gasteiger partial charge in [0.25, 0.3) is 0 Å². The second kappa shape index (κ2) is 4.73. The van der Waals surface area contributed by atoms with E-state index in [0.29, 0.717) is 24.1 Å². The molecule has 2 heterocycles. The van der Waals surface area contributed by atoms with Crippen LogP contribution in [0.1, 0.15) is 29.6 Å². The molecule has 2 saturated heterocycles. The molecule has 0 unspecified atom stereocenters. The molecule has 0 aromatic heterocycles. The normalized spacial score (nSPS) is 30.6. The van der Waals surface area contributed by atoms with E-state index >= 15 is 0 Å². The van der Waals surface area contributed by atoms with E-state index in [4.69, 9.17) is 4.74 Å². The van der Waals surface area contributed by atoms with Crippen LogP contribution < -0.4 is 0 Å². The Morgan fingerprint density at radius 1 is 1.33 bits per heavy atom. The standard InChI is InChI=1S/C15H19NO2/c1-16-13-7-8-14(16)12(9-13)10-18-15(17)11-5-3-2-4-6-11/h2-6,12-14H,7-10H2,1H3/t12-,13+,14-/m1/s1. The topological polar surface area (TPSA) is 29.5 Å². The average molecular weight is 245 g/mol. The van der Waals surface area contributed by atoms with Crippen molar-refractivity contribution in [3.63, 3.8) is 0 Å². The lowest BCUT2D eigenvalue weighted by molar-refractivity contribution is 0.0411. The molecule has 18 heavy (non-hydrogen) atoms. The maximum absolute atomic E-state index is 11.9. The number of benzene rings is 1. The van der Waals surface area contributed by atoms with Gasteiger partial charge in [0.05, 0.1) is 12.2 Å². The molecule has 3 heteroatoms. The lowest BCUT2D eigenvalue weighted by Crippen LogP contribution is -2.28. The van der Waals surface area contributed by atoms with Crippen molar-refractivity contribution in [2.75, 3.05) is 13.7 Å². The van der Waals surface area contributed by atoms with Crippen LogP contribution in [-0.4, -0.2) is 36.6 Å². The molecule has 3 rings (SSSR count). The highest BCUT2D eigenvalue weighted by molar-refractivity contribution is 5.89. The van der Waals surface area contributed by atoms with Gasteiger partial charge in [-0.15, -0.1) is 0 Å². The Morgan fingerprint density at radius 3 is 2.72 bits per heavy atom. The smallest absolute Gasteiger partial charge is 0.338 e. The molecular weight excluding hydrogens is 226 g/mol. The largest absolute Gasteiger partial charge is 0.462 e. The van der Waals surface area contributed by atoms with Gasteiger partial charge in [0.15, 0.2) is 0 Å². The number of esters is 1. The minimum Gasteiger partial charge on any atom is -0.462 e. The Labute approximate surface area is 108 Å². The van der Waals surface area contributed by atoms with E-state index < -0.39 is 0 Å². The third-order valence-electron chi connectivity index (χ3n) is 4.45. The van der Waals surface area contributed by atoms with Gasteiger partial charge in [0, 0.05) is 18.0 Å². The Morgan fingerprint density at radius 2 is 2.11 bits per heavy atom. The highest BCUT2D eigenvalue weighted by Gasteiger charge is 2.44. The number of rotatable bonds is 3. The number of carbonyl (C=O) groups excluding carboxylic acids is 1. The number of hydrogen-bond acceptors (Lipinski definition) is 3. The number of fused-ring (bicyclic) bond motifs is 2. The highest BCUT2D eigenvalue weighted by Crippen LogP contribution is 2.40. The monoisotopic (exact) mass is 245 g/mol. The molecule has 96 valence electrons. The molecule has 0 N–H and O–H groups in total. The van der Waals surface area contributed by atoms with E-state index in [2.05, 4.69) is 11.9 Å². The molecule has 0 amide bonds. The van der Waals surface area contributed by atoms with Crippen LogP contribution in [0.5, 0.6) is 0 Å². The van der Waals surface area contributed by atoms with E-state index in [0.717, 1.165) is 6.04 Å². The van der Waals surface area contributed by atoms with Gasteiger partial charge in [-0.05, 0) is 38.4 Å². The molecule has 1 aromatic carbocycles. The first-order valence-corrected chi connectivity index (χ1v) is 6.70.